The fourth-order valence-corrected chi connectivity index (χ4v) is 1.92. The molecule has 0 bridgehead atoms. The summed E-state index contributed by atoms with van der Waals surface area (Å²) in [5.74, 6) is 0.968. The number of aromatic amines is 1. The molecule has 0 fully saturated rings. The Morgan fingerprint density at radius 3 is 2.65 bits per heavy atom. The van der Waals surface area contributed by atoms with Gasteiger partial charge >= 0.3 is 0 Å². The summed E-state index contributed by atoms with van der Waals surface area (Å²) in [6.07, 6.45) is 0.870. The van der Waals surface area contributed by atoms with Crippen LogP contribution in [0.5, 0.6) is 0 Å². The second-order valence-electron chi connectivity index (χ2n) is 4.17. The second kappa shape index (κ2) is 5.25. The molecular formula is C12H16N4S. The predicted octanol–water partition coefficient (Wildman–Crippen LogP) is 2.03. The van der Waals surface area contributed by atoms with Crippen molar-refractivity contribution in [1.82, 2.24) is 19.7 Å². The van der Waals surface area contributed by atoms with Crippen molar-refractivity contribution in [2.75, 3.05) is 20.6 Å². The lowest BCUT2D eigenvalue weighted by molar-refractivity contribution is 0.408. The Hall–Kier alpha value is -1.46. The van der Waals surface area contributed by atoms with E-state index in [1.165, 1.54) is 0 Å². The molecule has 0 spiro atoms. The number of aromatic nitrogens is 3. The molecule has 90 valence electrons. The number of benzene rings is 1. The zero-order valence-corrected chi connectivity index (χ0v) is 10.9. The van der Waals surface area contributed by atoms with E-state index in [9.17, 15) is 0 Å². The lowest BCUT2D eigenvalue weighted by atomic mass is 10.3. The van der Waals surface area contributed by atoms with Gasteiger partial charge in [0.15, 0.2) is 4.77 Å². The highest BCUT2D eigenvalue weighted by atomic mass is 32.1. The highest BCUT2D eigenvalue weighted by molar-refractivity contribution is 7.71. The van der Waals surface area contributed by atoms with E-state index in [-0.39, 0.29) is 0 Å². The molecule has 2 aromatic rings. The van der Waals surface area contributed by atoms with Gasteiger partial charge in [0.2, 0.25) is 0 Å². The first-order valence-corrected chi connectivity index (χ1v) is 5.96. The van der Waals surface area contributed by atoms with Crippen molar-refractivity contribution in [3.8, 4) is 5.69 Å². The first kappa shape index (κ1) is 12.0. The summed E-state index contributed by atoms with van der Waals surface area (Å²) in [4.78, 5) is 2.13. The molecule has 0 saturated carbocycles. The number of para-hydroxylation sites is 1. The number of rotatable bonds is 4. The minimum Gasteiger partial charge on any atom is -0.309 e. The number of likely N-dealkylation sites (N-methyl/N-ethyl adjacent to an activating group) is 1. The number of hydrogen-bond donors (Lipinski definition) is 1. The molecule has 0 radical (unpaired) electrons. The molecule has 0 aliphatic carbocycles. The van der Waals surface area contributed by atoms with Crippen molar-refractivity contribution in [1.29, 1.82) is 0 Å². The van der Waals surface area contributed by atoms with Gasteiger partial charge in [-0.3, -0.25) is 9.67 Å². The summed E-state index contributed by atoms with van der Waals surface area (Å²) in [6, 6.07) is 10.1. The average Bonchev–Trinajstić information content (AvgIpc) is 2.69. The average molecular weight is 248 g/mol. The van der Waals surface area contributed by atoms with E-state index in [1.807, 2.05) is 49.0 Å². The minimum atomic E-state index is 0.643. The molecule has 0 atom stereocenters. The Morgan fingerprint density at radius 1 is 1.29 bits per heavy atom. The lowest BCUT2D eigenvalue weighted by Gasteiger charge is -2.10. The quantitative estimate of drug-likeness (QED) is 0.841. The Kier molecular flexibility index (Phi) is 3.71. The zero-order valence-electron chi connectivity index (χ0n) is 10.1. The number of hydrogen-bond acceptors (Lipinski definition) is 3. The summed E-state index contributed by atoms with van der Waals surface area (Å²) in [7, 11) is 4.10. The molecule has 0 aliphatic rings. The summed E-state index contributed by atoms with van der Waals surface area (Å²) in [6.45, 7) is 0.951. The van der Waals surface area contributed by atoms with Crippen LogP contribution in [0.25, 0.3) is 5.69 Å². The lowest BCUT2D eigenvalue weighted by Crippen LogP contribution is -2.17. The zero-order chi connectivity index (χ0) is 12.3. The van der Waals surface area contributed by atoms with Crippen LogP contribution in [0.15, 0.2) is 30.3 Å². The van der Waals surface area contributed by atoms with E-state index in [1.54, 1.807) is 0 Å². The van der Waals surface area contributed by atoms with E-state index >= 15 is 0 Å². The summed E-state index contributed by atoms with van der Waals surface area (Å²) in [5, 5.41) is 7.14. The molecule has 5 heteroatoms. The van der Waals surface area contributed by atoms with Crippen LogP contribution in [0.1, 0.15) is 5.82 Å². The van der Waals surface area contributed by atoms with Crippen molar-refractivity contribution < 1.29 is 0 Å². The molecule has 0 saturated heterocycles. The maximum Gasteiger partial charge on any atom is 0.199 e. The monoisotopic (exact) mass is 248 g/mol. The van der Waals surface area contributed by atoms with Gasteiger partial charge in [-0.1, -0.05) is 18.2 Å². The van der Waals surface area contributed by atoms with E-state index in [4.69, 9.17) is 12.2 Å². The molecule has 1 heterocycles. The number of H-pyrrole nitrogens is 1. The molecule has 1 aromatic heterocycles. The number of nitrogens with one attached hydrogen (secondary N) is 1. The number of nitrogens with zero attached hydrogens (tertiary/aromatic N) is 3. The van der Waals surface area contributed by atoms with E-state index < -0.39 is 0 Å². The summed E-state index contributed by atoms with van der Waals surface area (Å²) in [5.41, 5.74) is 1.06. The van der Waals surface area contributed by atoms with E-state index in [0.717, 1.165) is 24.5 Å². The third kappa shape index (κ3) is 2.81. The maximum absolute atomic E-state index is 5.27. The normalized spacial score (nSPS) is 11.0. The van der Waals surface area contributed by atoms with Crippen LogP contribution >= 0.6 is 12.2 Å². The molecule has 1 aromatic carbocycles. The third-order valence-electron chi connectivity index (χ3n) is 2.54. The van der Waals surface area contributed by atoms with Crippen molar-refractivity contribution in [2.24, 2.45) is 0 Å². The van der Waals surface area contributed by atoms with Crippen LogP contribution in [0.3, 0.4) is 0 Å². The highest BCUT2D eigenvalue weighted by Gasteiger charge is 2.07. The van der Waals surface area contributed by atoms with Gasteiger partial charge in [-0.05, 0) is 38.4 Å². The first-order valence-electron chi connectivity index (χ1n) is 5.55. The van der Waals surface area contributed by atoms with Crippen LogP contribution in [0.2, 0.25) is 0 Å². The van der Waals surface area contributed by atoms with Crippen molar-refractivity contribution in [2.45, 2.75) is 6.42 Å². The Balaban J connectivity index is 2.33. The molecule has 2 rings (SSSR count). The van der Waals surface area contributed by atoms with Gasteiger partial charge in [0.25, 0.3) is 0 Å². The molecule has 1 N–H and O–H groups in total. The van der Waals surface area contributed by atoms with E-state index in [0.29, 0.717) is 4.77 Å². The van der Waals surface area contributed by atoms with Crippen LogP contribution in [0.4, 0.5) is 0 Å². The van der Waals surface area contributed by atoms with E-state index in [2.05, 4.69) is 15.1 Å². The SMILES string of the molecule is CN(C)CCc1n[nH]c(=S)n1-c1ccccc1. The molecule has 0 unspecified atom stereocenters. The smallest absolute Gasteiger partial charge is 0.199 e. The van der Waals surface area contributed by atoms with Gasteiger partial charge in [0.1, 0.15) is 5.82 Å². The van der Waals surface area contributed by atoms with Crippen LogP contribution in [-0.4, -0.2) is 40.3 Å². The summed E-state index contributed by atoms with van der Waals surface area (Å²) >= 11 is 5.27. The predicted molar refractivity (Wildman–Crippen MR) is 71.0 cm³/mol. The van der Waals surface area contributed by atoms with Gasteiger partial charge in [0, 0.05) is 18.7 Å². The van der Waals surface area contributed by atoms with Gasteiger partial charge in [-0.2, -0.15) is 5.10 Å². The van der Waals surface area contributed by atoms with Gasteiger partial charge in [-0.25, -0.2) is 0 Å². The van der Waals surface area contributed by atoms with Gasteiger partial charge in [0.05, 0.1) is 0 Å². The standard InChI is InChI=1S/C12H16N4S/c1-15(2)9-8-11-13-14-12(17)16(11)10-6-4-3-5-7-10/h3-7H,8-9H2,1-2H3,(H,14,17). The van der Waals surface area contributed by atoms with Gasteiger partial charge < -0.3 is 4.90 Å². The summed E-state index contributed by atoms with van der Waals surface area (Å²) < 4.78 is 2.63. The Bertz CT molecular complexity index is 527. The molecular weight excluding hydrogens is 232 g/mol. The topological polar surface area (TPSA) is 36.9 Å². The van der Waals surface area contributed by atoms with Crippen LogP contribution < -0.4 is 0 Å². The molecule has 0 amide bonds. The Morgan fingerprint density at radius 2 is 2.00 bits per heavy atom. The van der Waals surface area contributed by atoms with Crippen molar-refractivity contribution in [3.05, 3.63) is 40.9 Å². The van der Waals surface area contributed by atoms with Crippen LogP contribution in [-0.2, 0) is 6.42 Å². The minimum absolute atomic E-state index is 0.643. The Labute approximate surface area is 106 Å². The van der Waals surface area contributed by atoms with Crippen LogP contribution in [0, 0.1) is 4.77 Å². The second-order valence-corrected chi connectivity index (χ2v) is 4.56. The van der Waals surface area contributed by atoms with Crippen molar-refractivity contribution >= 4 is 12.2 Å². The highest BCUT2D eigenvalue weighted by Crippen LogP contribution is 2.10. The molecule has 4 nitrogen and oxygen atoms in total. The molecule has 0 aliphatic heterocycles. The first-order chi connectivity index (χ1) is 8.18. The largest absolute Gasteiger partial charge is 0.309 e. The third-order valence-corrected chi connectivity index (χ3v) is 2.81. The van der Waals surface area contributed by atoms with Crippen molar-refractivity contribution in [3.63, 3.8) is 0 Å². The van der Waals surface area contributed by atoms with Gasteiger partial charge in [-0.15, -0.1) is 0 Å². The maximum atomic E-state index is 5.27. The fourth-order valence-electron chi connectivity index (χ4n) is 1.66. The molecule has 17 heavy (non-hydrogen) atoms. The fraction of sp³-hybridized carbons (Fsp3) is 0.333.